The highest BCUT2D eigenvalue weighted by Gasteiger charge is 2.30. The van der Waals surface area contributed by atoms with Crippen molar-refractivity contribution in [3.8, 4) is 0 Å². The Morgan fingerprint density at radius 1 is 1.20 bits per heavy atom. The Morgan fingerprint density at radius 2 is 1.92 bits per heavy atom. The van der Waals surface area contributed by atoms with Crippen LogP contribution in [0.3, 0.4) is 0 Å². The summed E-state index contributed by atoms with van der Waals surface area (Å²) < 4.78 is 38.0. The molecule has 0 heterocycles. The molecule has 0 fully saturated rings. The van der Waals surface area contributed by atoms with Crippen molar-refractivity contribution in [1.82, 2.24) is 0 Å². The Hall–Kier alpha value is -3.16. The van der Waals surface area contributed by atoms with Crippen LogP contribution in [0.15, 0.2) is 48.5 Å². The van der Waals surface area contributed by atoms with Crippen LogP contribution in [0, 0.1) is 10.1 Å². The molecule has 0 aliphatic carbocycles. The fraction of sp³-hybridized carbons (Fsp3) is 0.118. The summed E-state index contributed by atoms with van der Waals surface area (Å²) in [4.78, 5) is 22.5. The number of anilines is 1. The quantitative estimate of drug-likeness (QED) is 0.372. The maximum absolute atomic E-state index is 12.7. The minimum absolute atomic E-state index is 0.118. The van der Waals surface area contributed by atoms with Crippen LogP contribution in [-0.4, -0.2) is 17.8 Å². The number of carbonyl (C=O) groups is 1. The number of benzene rings is 2. The zero-order valence-corrected chi connectivity index (χ0v) is 13.0. The number of nitro benzene ring substituents is 1. The fourth-order valence-corrected chi connectivity index (χ4v) is 2.13. The van der Waals surface area contributed by atoms with Crippen molar-refractivity contribution in [1.29, 1.82) is 0 Å². The van der Waals surface area contributed by atoms with Gasteiger partial charge in [-0.15, -0.1) is 0 Å². The monoisotopic (exact) mass is 350 g/mol. The first kappa shape index (κ1) is 18.2. The maximum Gasteiger partial charge on any atom is 0.416 e. The highest BCUT2D eigenvalue weighted by molar-refractivity contribution is 6.07. The lowest BCUT2D eigenvalue weighted by Crippen LogP contribution is -2.06. The molecule has 5 nitrogen and oxygen atoms in total. The van der Waals surface area contributed by atoms with Crippen LogP contribution in [0.25, 0.3) is 6.08 Å². The number of rotatable bonds is 5. The molecule has 8 heteroatoms. The van der Waals surface area contributed by atoms with E-state index in [1.54, 1.807) is 6.07 Å². The number of allylic oxidation sites excluding steroid dienone is 1. The van der Waals surface area contributed by atoms with E-state index >= 15 is 0 Å². The molecule has 2 aromatic rings. The van der Waals surface area contributed by atoms with Crippen molar-refractivity contribution in [2.24, 2.45) is 0 Å². The van der Waals surface area contributed by atoms with E-state index < -0.39 is 22.4 Å². The number of carbonyl (C=O) groups excluding carboxylic acids is 1. The Morgan fingerprint density at radius 3 is 2.52 bits per heavy atom. The second-order valence-corrected chi connectivity index (χ2v) is 5.06. The first-order valence-corrected chi connectivity index (χ1v) is 7.08. The number of alkyl halides is 3. The van der Waals surface area contributed by atoms with E-state index in [1.165, 1.54) is 31.3 Å². The van der Waals surface area contributed by atoms with Gasteiger partial charge in [-0.1, -0.05) is 24.3 Å². The van der Waals surface area contributed by atoms with Gasteiger partial charge in [-0.3, -0.25) is 14.9 Å². The Bertz CT molecular complexity index is 845. The van der Waals surface area contributed by atoms with Crippen LogP contribution >= 0.6 is 0 Å². The molecule has 1 N–H and O–H groups in total. The smallest absolute Gasteiger partial charge is 0.383 e. The number of nitrogens with one attached hydrogen (secondary N) is 1. The third kappa shape index (κ3) is 4.43. The fourth-order valence-electron chi connectivity index (χ4n) is 2.13. The highest BCUT2D eigenvalue weighted by Crippen LogP contribution is 2.30. The summed E-state index contributed by atoms with van der Waals surface area (Å²) in [5, 5.41) is 13.7. The molecule has 0 aliphatic rings. The molecule has 0 aliphatic heterocycles. The van der Waals surface area contributed by atoms with E-state index in [0.717, 1.165) is 24.3 Å². The molecule has 0 saturated carbocycles. The van der Waals surface area contributed by atoms with Gasteiger partial charge in [-0.05, 0) is 29.8 Å². The van der Waals surface area contributed by atoms with Gasteiger partial charge >= 0.3 is 6.18 Å². The first-order valence-electron chi connectivity index (χ1n) is 7.08. The van der Waals surface area contributed by atoms with E-state index in [1.807, 2.05) is 0 Å². The lowest BCUT2D eigenvalue weighted by Gasteiger charge is -2.07. The van der Waals surface area contributed by atoms with Crippen LogP contribution in [-0.2, 0) is 6.18 Å². The summed E-state index contributed by atoms with van der Waals surface area (Å²) in [5.74, 6) is -0.633. The third-order valence-corrected chi connectivity index (χ3v) is 3.39. The molecule has 0 aromatic heterocycles. The molecule has 0 saturated heterocycles. The normalized spacial score (nSPS) is 11.5. The Labute approximate surface area is 140 Å². The van der Waals surface area contributed by atoms with Crippen LogP contribution in [0.5, 0.6) is 0 Å². The molecule has 0 amide bonds. The third-order valence-electron chi connectivity index (χ3n) is 3.39. The molecule has 0 atom stereocenters. The molecular weight excluding hydrogens is 337 g/mol. The molecule has 2 aromatic carbocycles. The number of hydrogen-bond acceptors (Lipinski definition) is 4. The maximum atomic E-state index is 12.7. The molecule has 25 heavy (non-hydrogen) atoms. The number of halogens is 3. The SMILES string of the molecule is CNc1ccc(/C=C/C(=O)c2cccc(C(F)(F)F)c2)cc1[N+](=O)[O-]. The van der Waals surface area contributed by atoms with Gasteiger partial charge in [0.1, 0.15) is 5.69 Å². The summed E-state index contributed by atoms with van der Waals surface area (Å²) in [6.07, 6.45) is -2.15. The van der Waals surface area contributed by atoms with Crippen LogP contribution in [0.2, 0.25) is 0 Å². The van der Waals surface area contributed by atoms with Gasteiger partial charge in [0.15, 0.2) is 5.78 Å². The zero-order valence-electron chi connectivity index (χ0n) is 13.0. The first-order chi connectivity index (χ1) is 11.7. The van der Waals surface area contributed by atoms with Gasteiger partial charge < -0.3 is 5.32 Å². The van der Waals surface area contributed by atoms with E-state index in [-0.39, 0.29) is 11.3 Å². The van der Waals surface area contributed by atoms with Gasteiger partial charge in [0.2, 0.25) is 0 Å². The van der Waals surface area contributed by atoms with Crippen molar-refractivity contribution in [3.63, 3.8) is 0 Å². The van der Waals surface area contributed by atoms with E-state index in [9.17, 15) is 28.1 Å². The molecule has 2 rings (SSSR count). The molecule has 0 spiro atoms. The molecular formula is C17H13F3N2O3. The van der Waals surface area contributed by atoms with Crippen molar-refractivity contribution < 1.29 is 22.9 Å². The summed E-state index contributed by atoms with van der Waals surface area (Å²) in [6, 6.07) is 8.35. The lowest BCUT2D eigenvalue weighted by molar-refractivity contribution is -0.384. The van der Waals surface area contributed by atoms with Gasteiger partial charge in [0.05, 0.1) is 10.5 Å². The minimum Gasteiger partial charge on any atom is -0.383 e. The molecule has 0 unspecified atom stereocenters. The number of nitrogens with zero attached hydrogens (tertiary/aromatic N) is 1. The van der Waals surface area contributed by atoms with Crippen LogP contribution in [0.4, 0.5) is 24.5 Å². The number of nitro groups is 1. The van der Waals surface area contributed by atoms with E-state index in [2.05, 4.69) is 5.32 Å². The van der Waals surface area contributed by atoms with Crippen molar-refractivity contribution in [3.05, 3.63) is 75.3 Å². The molecule has 130 valence electrons. The van der Waals surface area contributed by atoms with Crippen molar-refractivity contribution >= 4 is 23.2 Å². The average Bonchev–Trinajstić information content (AvgIpc) is 2.58. The predicted molar refractivity (Wildman–Crippen MR) is 87.5 cm³/mol. The van der Waals surface area contributed by atoms with Crippen LogP contribution < -0.4 is 5.32 Å². The minimum atomic E-state index is -4.54. The van der Waals surface area contributed by atoms with Gasteiger partial charge in [-0.25, -0.2) is 0 Å². The lowest BCUT2D eigenvalue weighted by atomic mass is 10.1. The number of hydrogen-bond donors (Lipinski definition) is 1. The highest BCUT2D eigenvalue weighted by atomic mass is 19.4. The van der Waals surface area contributed by atoms with E-state index in [4.69, 9.17) is 0 Å². The van der Waals surface area contributed by atoms with E-state index in [0.29, 0.717) is 11.3 Å². The number of ketones is 1. The molecule has 0 radical (unpaired) electrons. The van der Waals surface area contributed by atoms with Gasteiger partial charge in [0.25, 0.3) is 5.69 Å². The second kappa shape index (κ2) is 7.16. The second-order valence-electron chi connectivity index (χ2n) is 5.06. The largest absolute Gasteiger partial charge is 0.416 e. The summed E-state index contributed by atoms with van der Waals surface area (Å²) >= 11 is 0. The summed E-state index contributed by atoms with van der Waals surface area (Å²) in [7, 11) is 1.54. The van der Waals surface area contributed by atoms with Crippen LogP contribution in [0.1, 0.15) is 21.5 Å². The predicted octanol–water partition coefficient (Wildman–Crippen LogP) is 4.55. The molecule has 0 bridgehead atoms. The summed E-state index contributed by atoms with van der Waals surface area (Å²) in [5.41, 5.74) is -0.512. The standard InChI is InChI=1S/C17H13F3N2O3/c1-21-14-7-5-11(9-15(14)22(24)25)6-8-16(23)12-3-2-4-13(10-12)17(18,19)20/h2-10,21H,1H3/b8-6+. The van der Waals surface area contributed by atoms with Gasteiger partial charge in [0, 0.05) is 18.7 Å². The topological polar surface area (TPSA) is 72.2 Å². The van der Waals surface area contributed by atoms with Gasteiger partial charge in [-0.2, -0.15) is 13.2 Å². The average molecular weight is 350 g/mol. The zero-order chi connectivity index (χ0) is 18.6. The van der Waals surface area contributed by atoms with Crippen molar-refractivity contribution in [2.45, 2.75) is 6.18 Å². The Kier molecular flexibility index (Phi) is 5.21. The Balaban J connectivity index is 2.26. The van der Waals surface area contributed by atoms with Crippen molar-refractivity contribution in [2.75, 3.05) is 12.4 Å². The summed E-state index contributed by atoms with van der Waals surface area (Å²) in [6.45, 7) is 0.